The third-order valence-corrected chi connectivity index (χ3v) is 5.90. The molecule has 0 unspecified atom stereocenters. The van der Waals surface area contributed by atoms with Crippen LogP contribution in [-0.4, -0.2) is 45.3 Å². The Bertz CT molecular complexity index is 1100. The molecule has 0 saturated carbocycles. The average Bonchev–Trinajstić information content (AvgIpc) is 3.00. The van der Waals surface area contributed by atoms with E-state index >= 15 is 0 Å². The van der Waals surface area contributed by atoms with Crippen LogP contribution in [0.4, 0.5) is 17.6 Å². The first-order valence-electron chi connectivity index (χ1n) is 8.08. The fraction of sp³-hybridized carbons (Fsp3) is 0.312. The van der Waals surface area contributed by atoms with Crippen LogP contribution in [0.1, 0.15) is 24.4 Å². The number of fused-ring (bicyclic) bond motifs is 1. The minimum absolute atomic E-state index is 0.255. The predicted octanol–water partition coefficient (Wildman–Crippen LogP) is 2.89. The Morgan fingerprint density at radius 2 is 1.75 bits per heavy atom. The number of benzene rings is 1. The van der Waals surface area contributed by atoms with E-state index in [0.717, 1.165) is 34.8 Å². The lowest BCUT2D eigenvalue weighted by Gasteiger charge is -2.31. The molecule has 0 spiro atoms. The second-order valence-corrected chi connectivity index (χ2v) is 7.73. The second kappa shape index (κ2) is 7.09. The summed E-state index contributed by atoms with van der Waals surface area (Å²) in [5.74, 6) is -0.452. The van der Waals surface area contributed by atoms with Crippen LogP contribution in [-0.2, 0) is 10.0 Å². The Morgan fingerprint density at radius 1 is 1.11 bits per heavy atom. The van der Waals surface area contributed by atoms with Gasteiger partial charge >= 0.3 is 6.18 Å². The van der Waals surface area contributed by atoms with Crippen molar-refractivity contribution in [1.82, 2.24) is 24.1 Å². The minimum atomic E-state index is -4.93. The highest BCUT2D eigenvalue weighted by molar-refractivity contribution is 7.89. The molecule has 0 N–H and O–H groups in total. The molecule has 12 heteroatoms. The van der Waals surface area contributed by atoms with Crippen LogP contribution in [0.25, 0.3) is 5.65 Å². The predicted molar refractivity (Wildman–Crippen MR) is 90.3 cm³/mol. The van der Waals surface area contributed by atoms with Crippen LogP contribution >= 0.6 is 0 Å². The molecule has 0 aliphatic heterocycles. The first-order valence-corrected chi connectivity index (χ1v) is 9.52. The van der Waals surface area contributed by atoms with E-state index in [0.29, 0.717) is 0 Å². The van der Waals surface area contributed by atoms with Gasteiger partial charge in [-0.3, -0.25) is 0 Å². The van der Waals surface area contributed by atoms with E-state index in [2.05, 4.69) is 15.3 Å². The number of hydrogen-bond acceptors (Lipinski definition) is 5. The lowest BCUT2D eigenvalue weighted by molar-refractivity contribution is -0.173. The summed E-state index contributed by atoms with van der Waals surface area (Å²) in [7, 11) is -4.65. The van der Waals surface area contributed by atoms with Crippen LogP contribution in [0, 0.1) is 12.7 Å². The highest BCUT2D eigenvalue weighted by atomic mass is 32.2. The van der Waals surface area contributed by atoms with E-state index in [4.69, 9.17) is 0 Å². The van der Waals surface area contributed by atoms with E-state index < -0.39 is 45.2 Å². The lowest BCUT2D eigenvalue weighted by Crippen LogP contribution is -2.42. The van der Waals surface area contributed by atoms with Crippen molar-refractivity contribution >= 4 is 15.7 Å². The molecule has 150 valence electrons. The molecule has 0 fully saturated rings. The average molecular weight is 417 g/mol. The first-order chi connectivity index (χ1) is 13.1. The fourth-order valence-corrected chi connectivity index (χ4v) is 4.32. The Morgan fingerprint density at radius 3 is 2.32 bits per heavy atom. The van der Waals surface area contributed by atoms with Crippen LogP contribution in [0.5, 0.6) is 0 Å². The Kier molecular flexibility index (Phi) is 5.10. The monoisotopic (exact) mass is 417 g/mol. The molecular formula is C16H15F4N5O2S. The summed E-state index contributed by atoms with van der Waals surface area (Å²) in [5.41, 5.74) is -0.147. The Hall–Kier alpha value is -2.60. The maximum Gasteiger partial charge on any atom is 0.409 e. The number of aryl methyl sites for hydroxylation is 1. The maximum absolute atomic E-state index is 13.8. The number of halogens is 4. The van der Waals surface area contributed by atoms with Gasteiger partial charge in [0.2, 0.25) is 0 Å². The molecule has 0 amide bonds. The van der Waals surface area contributed by atoms with Crippen molar-refractivity contribution in [2.75, 3.05) is 6.54 Å². The van der Waals surface area contributed by atoms with Gasteiger partial charge in [0.25, 0.3) is 10.0 Å². The van der Waals surface area contributed by atoms with Crippen molar-refractivity contribution < 1.29 is 26.0 Å². The summed E-state index contributed by atoms with van der Waals surface area (Å²) in [6.07, 6.45) is -4.93. The topological polar surface area (TPSA) is 80.5 Å². The van der Waals surface area contributed by atoms with Gasteiger partial charge in [-0.05, 0) is 36.8 Å². The summed E-state index contributed by atoms with van der Waals surface area (Å²) < 4.78 is 82.0. The molecule has 7 nitrogen and oxygen atoms in total. The van der Waals surface area contributed by atoms with Gasteiger partial charge in [0.1, 0.15) is 11.9 Å². The second-order valence-electron chi connectivity index (χ2n) is 5.89. The van der Waals surface area contributed by atoms with Crippen molar-refractivity contribution in [1.29, 1.82) is 0 Å². The fourth-order valence-electron chi connectivity index (χ4n) is 2.79. The molecule has 2 heterocycles. The zero-order valence-electron chi connectivity index (χ0n) is 14.7. The van der Waals surface area contributed by atoms with Gasteiger partial charge in [0.15, 0.2) is 16.5 Å². The van der Waals surface area contributed by atoms with Crippen molar-refractivity contribution in [2.45, 2.75) is 31.1 Å². The molecule has 0 aliphatic carbocycles. The summed E-state index contributed by atoms with van der Waals surface area (Å²) in [6, 6.07) is 3.38. The molecule has 1 atom stereocenters. The highest BCUT2D eigenvalue weighted by Crippen LogP contribution is 2.40. The van der Waals surface area contributed by atoms with Gasteiger partial charge in [0.05, 0.1) is 0 Å². The van der Waals surface area contributed by atoms with Gasteiger partial charge in [-0.2, -0.15) is 27.1 Å². The highest BCUT2D eigenvalue weighted by Gasteiger charge is 2.49. The largest absolute Gasteiger partial charge is 0.409 e. The molecule has 1 aromatic carbocycles. The summed E-state index contributed by atoms with van der Waals surface area (Å²) in [4.78, 5) is 0. The minimum Gasteiger partial charge on any atom is -0.207 e. The number of rotatable bonds is 5. The van der Waals surface area contributed by atoms with E-state index in [9.17, 15) is 26.0 Å². The molecule has 2 aromatic heterocycles. The Labute approximate surface area is 157 Å². The summed E-state index contributed by atoms with van der Waals surface area (Å²) in [6.45, 7) is 2.32. The van der Waals surface area contributed by atoms with Gasteiger partial charge in [-0.15, -0.1) is 10.2 Å². The first kappa shape index (κ1) is 20.1. The smallest absolute Gasteiger partial charge is 0.207 e. The molecule has 3 rings (SSSR count). The zero-order valence-corrected chi connectivity index (χ0v) is 15.5. The number of alkyl halides is 3. The Balaban J connectivity index is 2.13. The zero-order chi connectivity index (χ0) is 20.7. The van der Waals surface area contributed by atoms with Crippen LogP contribution < -0.4 is 0 Å². The van der Waals surface area contributed by atoms with E-state index in [1.807, 2.05) is 0 Å². The third-order valence-electron chi connectivity index (χ3n) is 4.06. The van der Waals surface area contributed by atoms with Crippen LogP contribution in [0.15, 0.2) is 41.4 Å². The number of hydrogen-bond donors (Lipinski definition) is 0. The van der Waals surface area contributed by atoms with Crippen molar-refractivity contribution in [2.24, 2.45) is 0 Å². The van der Waals surface area contributed by atoms with Crippen molar-refractivity contribution in [3.63, 3.8) is 0 Å². The molecule has 3 aromatic rings. The van der Waals surface area contributed by atoms with Gasteiger partial charge < -0.3 is 0 Å². The number of nitrogens with zero attached hydrogens (tertiary/aromatic N) is 5. The third kappa shape index (κ3) is 3.56. The molecule has 0 saturated heterocycles. The summed E-state index contributed by atoms with van der Waals surface area (Å²) in [5, 5.41) is 10.8. The lowest BCUT2D eigenvalue weighted by atomic mass is 10.1. The quantitative estimate of drug-likeness (QED) is 0.597. The van der Waals surface area contributed by atoms with Crippen LogP contribution in [0.3, 0.4) is 0 Å². The number of aromatic nitrogens is 4. The van der Waals surface area contributed by atoms with Crippen molar-refractivity contribution in [3.8, 4) is 0 Å². The molecule has 28 heavy (non-hydrogen) atoms. The van der Waals surface area contributed by atoms with Gasteiger partial charge in [0, 0.05) is 6.54 Å². The van der Waals surface area contributed by atoms with E-state index in [1.165, 1.54) is 19.9 Å². The van der Waals surface area contributed by atoms with Gasteiger partial charge in [-0.1, -0.05) is 19.1 Å². The van der Waals surface area contributed by atoms with E-state index in [1.54, 1.807) is 0 Å². The molecular weight excluding hydrogens is 402 g/mol. The molecule has 0 aliphatic rings. The van der Waals surface area contributed by atoms with E-state index in [-0.39, 0.29) is 15.8 Å². The van der Waals surface area contributed by atoms with Gasteiger partial charge in [-0.25, -0.2) is 12.8 Å². The van der Waals surface area contributed by atoms with Crippen LogP contribution in [0.2, 0.25) is 0 Å². The SMILES string of the molecule is CCN([C@H](c1ccc(F)cc1)C(F)(F)F)S(=O)(=O)c1ccc2nnc(C)n2n1. The number of sulfonamides is 1. The molecule has 0 bridgehead atoms. The molecule has 0 radical (unpaired) electrons. The summed E-state index contributed by atoms with van der Waals surface area (Å²) >= 11 is 0. The van der Waals surface area contributed by atoms with Crippen molar-refractivity contribution in [3.05, 3.63) is 53.6 Å². The maximum atomic E-state index is 13.8. The standard InChI is InChI=1S/C16H15F4N5O2S/c1-3-24(15(16(18,19)20)11-4-6-12(17)7-5-11)28(26,27)14-9-8-13-22-21-10(2)25(13)23-14/h4-9,15H,3H2,1-2H3/t15-/m1/s1. The normalized spacial score (nSPS) is 14.0.